The Morgan fingerprint density at radius 3 is 2.00 bits per heavy atom. The number of rotatable bonds is 5. The molecule has 0 aliphatic heterocycles. The zero-order valence-corrected chi connectivity index (χ0v) is 12.8. The van der Waals surface area contributed by atoms with E-state index in [2.05, 4.69) is 0 Å². The van der Waals surface area contributed by atoms with Crippen LogP contribution in [0, 0.1) is 23.2 Å². The highest BCUT2D eigenvalue weighted by atomic mass is 32.2. The van der Waals surface area contributed by atoms with Crippen LogP contribution in [0.2, 0.25) is 0 Å². The highest BCUT2D eigenvalue weighted by Crippen LogP contribution is 2.61. The molecule has 4 heteroatoms. The maximum Gasteiger partial charge on any atom is 0.147 e. The minimum Gasteiger partial charge on any atom is -0.328 e. The largest absolute Gasteiger partial charge is 0.328 e. The summed E-state index contributed by atoms with van der Waals surface area (Å²) in [7, 11) is -2.87. The van der Waals surface area contributed by atoms with Crippen molar-refractivity contribution in [2.75, 3.05) is 12.0 Å². The van der Waals surface area contributed by atoms with Crippen molar-refractivity contribution in [1.82, 2.24) is 0 Å². The molecule has 4 aliphatic rings. The first-order valence-electron chi connectivity index (χ1n) is 7.77. The molecule has 0 saturated heterocycles. The molecule has 1 unspecified atom stereocenters. The fourth-order valence-electron chi connectivity index (χ4n) is 5.56. The van der Waals surface area contributed by atoms with Crippen molar-refractivity contribution in [3.05, 3.63) is 0 Å². The third-order valence-corrected chi connectivity index (χ3v) is 6.70. The average molecular weight is 285 g/mol. The van der Waals surface area contributed by atoms with Gasteiger partial charge in [0.25, 0.3) is 0 Å². The number of nitrogens with two attached hydrogens (primary N) is 1. The molecule has 4 saturated carbocycles. The Labute approximate surface area is 117 Å². The predicted octanol–water partition coefficient (Wildman–Crippen LogP) is 2.35. The molecule has 19 heavy (non-hydrogen) atoms. The average Bonchev–Trinajstić information content (AvgIpc) is 2.22. The fraction of sp³-hybridized carbons (Fsp3) is 1.00. The van der Waals surface area contributed by atoms with Crippen LogP contribution in [0.15, 0.2) is 0 Å². The second kappa shape index (κ2) is 4.73. The van der Waals surface area contributed by atoms with E-state index in [1.54, 1.807) is 0 Å². The summed E-state index contributed by atoms with van der Waals surface area (Å²) in [6.45, 7) is 0. The number of sulfone groups is 1. The molecule has 0 aromatic rings. The van der Waals surface area contributed by atoms with Gasteiger partial charge in [-0.2, -0.15) is 0 Å². The smallest absolute Gasteiger partial charge is 0.147 e. The van der Waals surface area contributed by atoms with Crippen LogP contribution in [0.4, 0.5) is 0 Å². The van der Waals surface area contributed by atoms with Crippen molar-refractivity contribution in [3.63, 3.8) is 0 Å². The Hall–Kier alpha value is -0.0900. The molecule has 0 amide bonds. The van der Waals surface area contributed by atoms with Gasteiger partial charge >= 0.3 is 0 Å². The zero-order chi connectivity index (χ0) is 13.7. The van der Waals surface area contributed by atoms with Gasteiger partial charge in [-0.05, 0) is 74.5 Å². The molecule has 4 bridgehead atoms. The molecule has 4 fully saturated rings. The van der Waals surface area contributed by atoms with Gasteiger partial charge in [-0.1, -0.05) is 0 Å². The van der Waals surface area contributed by atoms with Crippen LogP contribution in [0.5, 0.6) is 0 Å². The lowest BCUT2D eigenvalue weighted by Crippen LogP contribution is -2.48. The normalized spacial score (nSPS) is 42.5. The van der Waals surface area contributed by atoms with Gasteiger partial charge in [-0.15, -0.1) is 0 Å². The molecular formula is C15H27NO2S. The Bertz CT molecular complexity index is 408. The molecule has 0 heterocycles. The van der Waals surface area contributed by atoms with Gasteiger partial charge in [0.2, 0.25) is 0 Å². The lowest BCUT2D eigenvalue weighted by atomic mass is 9.48. The Balaban J connectivity index is 1.60. The van der Waals surface area contributed by atoms with E-state index in [1.165, 1.54) is 44.8 Å². The van der Waals surface area contributed by atoms with Gasteiger partial charge in [0.1, 0.15) is 9.84 Å². The topological polar surface area (TPSA) is 60.2 Å². The highest BCUT2D eigenvalue weighted by Gasteiger charge is 2.50. The lowest BCUT2D eigenvalue weighted by Gasteiger charge is -2.57. The van der Waals surface area contributed by atoms with Gasteiger partial charge in [0, 0.05) is 12.3 Å². The third kappa shape index (κ3) is 3.15. The van der Waals surface area contributed by atoms with E-state index >= 15 is 0 Å². The lowest BCUT2D eigenvalue weighted by molar-refractivity contribution is -0.0604. The van der Waals surface area contributed by atoms with Crippen molar-refractivity contribution < 1.29 is 8.42 Å². The summed E-state index contributed by atoms with van der Waals surface area (Å²) < 4.78 is 22.5. The van der Waals surface area contributed by atoms with Crippen LogP contribution < -0.4 is 5.73 Å². The number of hydrogen-bond acceptors (Lipinski definition) is 3. The molecule has 2 N–H and O–H groups in total. The summed E-state index contributed by atoms with van der Waals surface area (Å²) in [5.41, 5.74) is 6.72. The van der Waals surface area contributed by atoms with Crippen LogP contribution in [0.3, 0.4) is 0 Å². The summed E-state index contributed by atoms with van der Waals surface area (Å²) >= 11 is 0. The first kappa shape index (κ1) is 13.9. The molecule has 0 aromatic carbocycles. The van der Waals surface area contributed by atoms with Crippen molar-refractivity contribution in [3.8, 4) is 0 Å². The van der Waals surface area contributed by atoms with Gasteiger partial charge in [-0.25, -0.2) is 8.42 Å². The van der Waals surface area contributed by atoms with Gasteiger partial charge in [0.05, 0.1) is 5.75 Å². The van der Waals surface area contributed by atoms with E-state index < -0.39 is 9.84 Å². The van der Waals surface area contributed by atoms with Crippen LogP contribution in [0.25, 0.3) is 0 Å². The van der Waals surface area contributed by atoms with Gasteiger partial charge in [0.15, 0.2) is 0 Å². The van der Waals surface area contributed by atoms with E-state index in [0.29, 0.717) is 11.8 Å². The van der Waals surface area contributed by atoms with E-state index in [-0.39, 0.29) is 11.8 Å². The standard InChI is InChI=1S/C15H27NO2S/c1-19(17,18)3-2-14(16)10-15-7-11-4-12(8-15)6-13(5-11)9-15/h11-14H,2-10,16H2,1H3. The summed E-state index contributed by atoms with van der Waals surface area (Å²) in [6, 6.07) is 0.0750. The van der Waals surface area contributed by atoms with Crippen molar-refractivity contribution in [1.29, 1.82) is 0 Å². The molecule has 4 rings (SSSR count). The van der Waals surface area contributed by atoms with Gasteiger partial charge in [-0.3, -0.25) is 0 Å². The number of hydrogen-bond donors (Lipinski definition) is 1. The molecule has 3 nitrogen and oxygen atoms in total. The fourth-order valence-corrected chi connectivity index (χ4v) is 6.29. The third-order valence-electron chi connectivity index (χ3n) is 5.72. The van der Waals surface area contributed by atoms with Crippen LogP contribution in [-0.2, 0) is 9.84 Å². The molecule has 1 atom stereocenters. The quantitative estimate of drug-likeness (QED) is 0.843. The van der Waals surface area contributed by atoms with Crippen LogP contribution in [0.1, 0.15) is 51.4 Å². The SMILES string of the molecule is CS(=O)(=O)CCC(N)CC12CC3CC(CC(C3)C1)C2. The van der Waals surface area contributed by atoms with Crippen LogP contribution >= 0.6 is 0 Å². The van der Waals surface area contributed by atoms with Gasteiger partial charge < -0.3 is 5.73 Å². The van der Waals surface area contributed by atoms with Crippen molar-refractivity contribution in [2.45, 2.75) is 57.4 Å². The summed E-state index contributed by atoms with van der Waals surface area (Å²) in [4.78, 5) is 0. The summed E-state index contributed by atoms with van der Waals surface area (Å²) in [5.74, 6) is 3.11. The minimum atomic E-state index is -2.87. The summed E-state index contributed by atoms with van der Waals surface area (Å²) in [6.07, 6.45) is 11.5. The molecule has 4 aliphatic carbocycles. The van der Waals surface area contributed by atoms with E-state index in [9.17, 15) is 8.42 Å². The monoisotopic (exact) mass is 285 g/mol. The van der Waals surface area contributed by atoms with Crippen molar-refractivity contribution >= 4 is 9.84 Å². The Morgan fingerprint density at radius 2 is 1.58 bits per heavy atom. The first-order valence-corrected chi connectivity index (χ1v) is 9.83. The maximum absolute atomic E-state index is 11.2. The van der Waals surface area contributed by atoms with E-state index in [1.807, 2.05) is 0 Å². The predicted molar refractivity (Wildman–Crippen MR) is 77.5 cm³/mol. The Morgan fingerprint density at radius 1 is 1.11 bits per heavy atom. The highest BCUT2D eigenvalue weighted by molar-refractivity contribution is 7.90. The van der Waals surface area contributed by atoms with E-state index in [4.69, 9.17) is 5.73 Å². The molecular weight excluding hydrogens is 258 g/mol. The molecule has 110 valence electrons. The minimum absolute atomic E-state index is 0.0750. The van der Waals surface area contributed by atoms with E-state index in [0.717, 1.165) is 24.2 Å². The van der Waals surface area contributed by atoms with Crippen LogP contribution in [-0.4, -0.2) is 26.5 Å². The Kier molecular flexibility index (Phi) is 3.45. The van der Waals surface area contributed by atoms with Crippen molar-refractivity contribution in [2.24, 2.45) is 28.9 Å². The molecule has 0 radical (unpaired) electrons. The molecule has 0 aromatic heterocycles. The second-order valence-corrected chi connectivity index (χ2v) is 10.1. The molecule has 0 spiro atoms. The first-order chi connectivity index (χ1) is 8.84. The summed E-state index contributed by atoms with van der Waals surface area (Å²) in [5, 5.41) is 0. The maximum atomic E-state index is 11.2. The zero-order valence-electron chi connectivity index (χ0n) is 12.0. The second-order valence-electron chi connectivity index (χ2n) is 7.80.